The molecule has 0 amide bonds. The molecular weight excluding hydrogens is 367 g/mol. The van der Waals surface area contributed by atoms with Crippen LogP contribution in [0.25, 0.3) is 0 Å². The molecule has 0 aromatic rings. The Morgan fingerprint density at radius 2 is 1.91 bits per heavy atom. The number of ether oxygens (including phenoxy) is 2. The van der Waals surface area contributed by atoms with Gasteiger partial charge in [0.1, 0.15) is 0 Å². The standard InChI is InChI=1S/C18H25O2.2ClH.Ti/c1-5-14-19-18(20-15-10-6-7-11-15)13-9-8-12-16(18)17(2,3)4;;;/h6,8-10,12H,5,7,13-14H2,1-4H3;2*1H;/q;;;+2/p-2. The van der Waals surface area contributed by atoms with E-state index >= 15 is 0 Å². The Bertz CT molecular complexity index is 516. The number of hydrogen-bond acceptors (Lipinski definition) is 2. The van der Waals surface area contributed by atoms with Crippen LogP contribution in [0.15, 0.2) is 45.6 Å². The van der Waals surface area contributed by atoms with Gasteiger partial charge in [-0.15, -0.1) is 0 Å². The molecule has 23 heavy (non-hydrogen) atoms. The summed E-state index contributed by atoms with van der Waals surface area (Å²) in [6, 6.07) is 0. The van der Waals surface area contributed by atoms with E-state index in [1.807, 2.05) is 0 Å². The molecule has 0 heterocycles. The van der Waals surface area contributed by atoms with E-state index in [2.05, 4.69) is 78.5 Å². The second kappa shape index (κ2) is 9.49. The third kappa shape index (κ3) is 5.51. The molecule has 0 bridgehead atoms. The molecule has 0 saturated carbocycles. The molecule has 2 aliphatic carbocycles. The molecule has 0 aliphatic heterocycles. The Morgan fingerprint density at radius 1 is 1.22 bits per heavy atom. The minimum absolute atomic E-state index is 0. The Hall–Kier alpha value is 0.0143. The largest absolute Gasteiger partial charge is 1.00 e. The van der Waals surface area contributed by atoms with Gasteiger partial charge >= 0.3 is 140 Å². The number of rotatable bonds is 5. The van der Waals surface area contributed by atoms with Crippen LogP contribution in [0.4, 0.5) is 0 Å². The van der Waals surface area contributed by atoms with Gasteiger partial charge in [-0.25, -0.2) is 0 Å². The smallest absolute Gasteiger partial charge is 1.00 e. The zero-order valence-electron chi connectivity index (χ0n) is 14.3. The molecule has 2 nitrogen and oxygen atoms in total. The molecule has 0 saturated heterocycles. The van der Waals surface area contributed by atoms with Gasteiger partial charge in [-0.1, -0.05) is 0 Å². The fourth-order valence-corrected chi connectivity index (χ4v) is 3.13. The number of halogens is 2. The van der Waals surface area contributed by atoms with E-state index in [-0.39, 0.29) is 30.2 Å². The first-order chi connectivity index (χ1) is 9.89. The molecule has 0 N–H and O–H groups in total. The van der Waals surface area contributed by atoms with Crippen LogP contribution in [-0.4, -0.2) is 12.4 Å². The van der Waals surface area contributed by atoms with Crippen molar-refractivity contribution in [1.82, 2.24) is 0 Å². The predicted molar refractivity (Wildman–Crippen MR) is 82.1 cm³/mol. The zero-order chi connectivity index (χ0) is 15.5. The minimum atomic E-state index is -0.658. The molecule has 2 rings (SSSR count). The van der Waals surface area contributed by atoms with E-state index in [0.29, 0.717) is 6.61 Å². The molecule has 0 aromatic heterocycles. The third-order valence-corrected chi connectivity index (χ3v) is 4.41. The van der Waals surface area contributed by atoms with E-state index in [9.17, 15) is 0 Å². The predicted octanol–water partition coefficient (Wildman–Crippen LogP) is -1.22. The maximum absolute atomic E-state index is 6.44. The summed E-state index contributed by atoms with van der Waals surface area (Å²) in [6.07, 6.45) is 13.4. The van der Waals surface area contributed by atoms with Crippen molar-refractivity contribution in [3.05, 3.63) is 45.6 Å². The van der Waals surface area contributed by atoms with Crippen LogP contribution in [0, 0.1) is 5.41 Å². The summed E-state index contributed by atoms with van der Waals surface area (Å²) in [6.45, 7) is 9.50. The maximum atomic E-state index is 6.44. The molecule has 0 radical (unpaired) electrons. The molecule has 0 aromatic carbocycles. The SMILES string of the molecule is CCCOC1(OC2=[C]([Ti+2])CC=C2)CC=CC=C1C(C)(C)C.[Cl-].[Cl-]. The molecule has 2 aliphatic rings. The van der Waals surface area contributed by atoms with Gasteiger partial charge in [-0.2, -0.15) is 0 Å². The number of hydrogen-bond donors (Lipinski definition) is 0. The van der Waals surface area contributed by atoms with E-state index in [0.717, 1.165) is 25.0 Å². The van der Waals surface area contributed by atoms with Gasteiger partial charge in [0.05, 0.1) is 0 Å². The Kier molecular flexibility index (Phi) is 9.49. The Morgan fingerprint density at radius 3 is 2.43 bits per heavy atom. The van der Waals surface area contributed by atoms with Gasteiger partial charge in [0.25, 0.3) is 0 Å². The third-order valence-electron chi connectivity index (χ3n) is 3.71. The topological polar surface area (TPSA) is 18.5 Å². The van der Waals surface area contributed by atoms with Crippen LogP contribution in [-0.2, 0) is 29.9 Å². The summed E-state index contributed by atoms with van der Waals surface area (Å²) in [7, 11) is 0. The fourth-order valence-electron chi connectivity index (χ4n) is 2.73. The summed E-state index contributed by atoms with van der Waals surface area (Å²) >= 11 is 2.13. The molecule has 0 fully saturated rings. The average molecular weight is 392 g/mol. The van der Waals surface area contributed by atoms with Crippen LogP contribution in [0.3, 0.4) is 0 Å². The van der Waals surface area contributed by atoms with Gasteiger partial charge in [0.15, 0.2) is 0 Å². The Balaban J connectivity index is 0.00000242. The molecule has 1 atom stereocenters. The quantitative estimate of drug-likeness (QED) is 0.432. The molecule has 127 valence electrons. The van der Waals surface area contributed by atoms with Crippen LogP contribution < -0.4 is 24.8 Å². The van der Waals surface area contributed by atoms with Crippen LogP contribution in [0.2, 0.25) is 0 Å². The second-order valence-corrected chi connectivity index (χ2v) is 7.56. The summed E-state index contributed by atoms with van der Waals surface area (Å²) in [5.74, 6) is 0.311. The fraction of sp³-hybridized carbons (Fsp3) is 0.556. The van der Waals surface area contributed by atoms with E-state index < -0.39 is 5.79 Å². The van der Waals surface area contributed by atoms with Gasteiger partial charge in [0, 0.05) is 0 Å². The van der Waals surface area contributed by atoms with Crippen molar-refractivity contribution < 1.29 is 54.7 Å². The van der Waals surface area contributed by atoms with Gasteiger partial charge in [-0.3, -0.25) is 0 Å². The van der Waals surface area contributed by atoms with Crippen LogP contribution >= 0.6 is 0 Å². The van der Waals surface area contributed by atoms with Crippen molar-refractivity contribution in [2.45, 2.75) is 52.7 Å². The first-order valence-corrected chi connectivity index (χ1v) is 8.49. The first-order valence-electron chi connectivity index (χ1n) is 7.71. The van der Waals surface area contributed by atoms with Crippen molar-refractivity contribution in [2.75, 3.05) is 6.61 Å². The summed E-state index contributed by atoms with van der Waals surface area (Å²) in [5, 5.41) is 0. The van der Waals surface area contributed by atoms with Crippen molar-refractivity contribution >= 4 is 0 Å². The van der Waals surface area contributed by atoms with Gasteiger partial charge < -0.3 is 24.8 Å². The summed E-state index contributed by atoms with van der Waals surface area (Å²) in [4.78, 5) is 0. The summed E-state index contributed by atoms with van der Waals surface area (Å²) in [5.41, 5.74) is 1.22. The first kappa shape index (κ1) is 23.0. The molecule has 5 heteroatoms. The van der Waals surface area contributed by atoms with Gasteiger partial charge in [-0.05, 0) is 0 Å². The van der Waals surface area contributed by atoms with E-state index in [4.69, 9.17) is 9.47 Å². The monoisotopic (exact) mass is 391 g/mol. The second-order valence-electron chi connectivity index (χ2n) is 6.62. The van der Waals surface area contributed by atoms with E-state index in [1.165, 1.54) is 9.45 Å². The summed E-state index contributed by atoms with van der Waals surface area (Å²) < 4.78 is 14.0. The zero-order valence-corrected chi connectivity index (χ0v) is 17.4. The number of allylic oxidation sites excluding steroid dienone is 5. The van der Waals surface area contributed by atoms with Crippen molar-refractivity contribution in [2.24, 2.45) is 5.41 Å². The molecule has 0 spiro atoms. The van der Waals surface area contributed by atoms with Crippen LogP contribution in [0.5, 0.6) is 0 Å². The van der Waals surface area contributed by atoms with Gasteiger partial charge in [0.2, 0.25) is 0 Å². The van der Waals surface area contributed by atoms with Crippen LogP contribution in [0.1, 0.15) is 47.0 Å². The van der Waals surface area contributed by atoms with Crippen molar-refractivity contribution in [1.29, 1.82) is 0 Å². The molecule has 1 unspecified atom stereocenters. The van der Waals surface area contributed by atoms with Crippen molar-refractivity contribution in [3.8, 4) is 0 Å². The minimum Gasteiger partial charge on any atom is -1.00 e. The molecular formula is C18H25Cl2O2Ti. The average Bonchev–Trinajstić information content (AvgIpc) is 2.81. The Labute approximate surface area is 164 Å². The normalized spacial score (nSPS) is 23.3. The van der Waals surface area contributed by atoms with Crippen molar-refractivity contribution in [3.63, 3.8) is 0 Å². The maximum Gasteiger partial charge on any atom is -1.00 e. The van der Waals surface area contributed by atoms with E-state index in [1.54, 1.807) is 0 Å².